The number of halogens is 1. The fourth-order valence-electron chi connectivity index (χ4n) is 1.61. The number of hydrogen-bond acceptors (Lipinski definition) is 3. The molecule has 20 heavy (non-hydrogen) atoms. The van der Waals surface area contributed by atoms with Gasteiger partial charge in [-0.1, -0.05) is 6.07 Å². The van der Waals surface area contributed by atoms with Crippen molar-refractivity contribution in [1.29, 1.82) is 0 Å². The first kappa shape index (κ1) is 16.4. The smallest absolute Gasteiger partial charge is 0.412 e. The van der Waals surface area contributed by atoms with Crippen molar-refractivity contribution >= 4 is 11.8 Å². The molecule has 1 atom stereocenters. The van der Waals surface area contributed by atoms with Crippen LogP contribution in [-0.4, -0.2) is 22.9 Å². The van der Waals surface area contributed by atoms with Crippen molar-refractivity contribution in [2.24, 2.45) is 0 Å². The van der Waals surface area contributed by atoms with Gasteiger partial charge in [0.05, 0.1) is 6.10 Å². The lowest BCUT2D eigenvalue weighted by Gasteiger charge is -2.19. The first-order valence-electron chi connectivity index (χ1n) is 6.64. The number of carbonyl (C=O) groups excluding carboxylic acids is 1. The molecule has 0 fully saturated rings. The molecule has 0 bridgehead atoms. The molecular formula is C15H22FNO3. The maximum atomic E-state index is 13.8. The van der Waals surface area contributed by atoms with Crippen molar-refractivity contribution in [3.63, 3.8) is 0 Å². The fourth-order valence-corrected chi connectivity index (χ4v) is 1.61. The third-order valence-corrected chi connectivity index (χ3v) is 2.53. The maximum absolute atomic E-state index is 13.8. The predicted octanol–water partition coefficient (Wildman–Crippen LogP) is 3.49. The standard InChI is InChI=1S/C15H22FNO3/c1-10(18)5-6-11-7-8-12(9-13(11)16)17-14(19)20-15(2,3)4/h7-10,18H,5-6H2,1-4H3,(H,17,19). The molecule has 1 unspecified atom stereocenters. The van der Waals surface area contributed by atoms with Crippen LogP contribution < -0.4 is 5.32 Å². The predicted molar refractivity (Wildman–Crippen MR) is 76.3 cm³/mol. The van der Waals surface area contributed by atoms with E-state index >= 15 is 0 Å². The second-order valence-corrected chi connectivity index (χ2v) is 5.82. The largest absolute Gasteiger partial charge is 0.444 e. The topological polar surface area (TPSA) is 58.6 Å². The molecule has 0 aliphatic heterocycles. The number of ether oxygens (including phenoxy) is 1. The van der Waals surface area contributed by atoms with Crippen molar-refractivity contribution < 1.29 is 19.0 Å². The molecule has 0 saturated heterocycles. The van der Waals surface area contributed by atoms with E-state index in [1.165, 1.54) is 6.07 Å². The Hall–Kier alpha value is -1.62. The van der Waals surface area contributed by atoms with Gasteiger partial charge in [0.1, 0.15) is 11.4 Å². The average Bonchev–Trinajstić information content (AvgIpc) is 2.24. The molecule has 1 aromatic rings. The Morgan fingerprint density at radius 3 is 2.60 bits per heavy atom. The van der Waals surface area contributed by atoms with Crippen LogP contribution in [0, 0.1) is 5.82 Å². The first-order chi connectivity index (χ1) is 9.17. The number of aryl methyl sites for hydroxylation is 1. The van der Waals surface area contributed by atoms with Gasteiger partial charge in [-0.05, 0) is 58.2 Å². The van der Waals surface area contributed by atoms with Gasteiger partial charge in [0.2, 0.25) is 0 Å². The minimum atomic E-state index is -0.617. The number of anilines is 1. The normalized spacial score (nSPS) is 12.9. The van der Waals surface area contributed by atoms with Crippen LogP contribution in [0.5, 0.6) is 0 Å². The Morgan fingerprint density at radius 1 is 1.45 bits per heavy atom. The SMILES string of the molecule is CC(O)CCc1ccc(NC(=O)OC(C)(C)C)cc1F. The number of benzene rings is 1. The lowest BCUT2D eigenvalue weighted by molar-refractivity contribution is 0.0636. The van der Waals surface area contributed by atoms with E-state index in [9.17, 15) is 14.3 Å². The third kappa shape index (κ3) is 6.02. The number of amides is 1. The van der Waals surface area contributed by atoms with Crippen LogP contribution in [-0.2, 0) is 11.2 Å². The minimum Gasteiger partial charge on any atom is -0.444 e. The van der Waals surface area contributed by atoms with Gasteiger partial charge < -0.3 is 9.84 Å². The monoisotopic (exact) mass is 283 g/mol. The Kier molecular flexibility index (Phi) is 5.51. The molecule has 0 aliphatic carbocycles. The molecule has 4 nitrogen and oxygen atoms in total. The van der Waals surface area contributed by atoms with Gasteiger partial charge in [-0.3, -0.25) is 5.32 Å². The van der Waals surface area contributed by atoms with Crippen LogP contribution in [0.25, 0.3) is 0 Å². The van der Waals surface area contributed by atoms with Crippen molar-refractivity contribution in [3.8, 4) is 0 Å². The maximum Gasteiger partial charge on any atom is 0.412 e. The molecule has 1 amide bonds. The van der Waals surface area contributed by atoms with E-state index in [4.69, 9.17) is 4.74 Å². The molecule has 0 saturated carbocycles. The number of hydrogen-bond donors (Lipinski definition) is 2. The van der Waals surface area contributed by atoms with Crippen LogP contribution in [0.3, 0.4) is 0 Å². The molecular weight excluding hydrogens is 261 g/mol. The zero-order valence-corrected chi connectivity index (χ0v) is 12.4. The minimum absolute atomic E-state index is 0.345. The Labute approximate surface area is 119 Å². The molecule has 112 valence electrons. The molecule has 0 aromatic heterocycles. The zero-order chi connectivity index (χ0) is 15.3. The summed E-state index contributed by atoms with van der Waals surface area (Å²) in [4.78, 5) is 11.6. The van der Waals surface area contributed by atoms with Crippen LogP contribution >= 0.6 is 0 Å². The second kappa shape index (κ2) is 6.70. The molecule has 0 aliphatic rings. The number of aliphatic hydroxyl groups is 1. The van der Waals surface area contributed by atoms with Gasteiger partial charge in [-0.25, -0.2) is 9.18 Å². The van der Waals surface area contributed by atoms with E-state index in [0.717, 1.165) is 0 Å². The zero-order valence-electron chi connectivity index (χ0n) is 12.4. The number of carbonyl (C=O) groups is 1. The first-order valence-corrected chi connectivity index (χ1v) is 6.64. The van der Waals surface area contributed by atoms with E-state index < -0.39 is 23.6 Å². The quantitative estimate of drug-likeness (QED) is 0.889. The second-order valence-electron chi connectivity index (χ2n) is 5.82. The molecule has 2 N–H and O–H groups in total. The van der Waals surface area contributed by atoms with Crippen molar-refractivity contribution in [2.45, 2.75) is 52.2 Å². The summed E-state index contributed by atoms with van der Waals surface area (Å²) in [6.07, 6.45) is -0.131. The van der Waals surface area contributed by atoms with Crippen molar-refractivity contribution in [2.75, 3.05) is 5.32 Å². The summed E-state index contributed by atoms with van der Waals surface area (Å²) in [6.45, 7) is 6.93. The molecule has 1 rings (SSSR count). The van der Waals surface area contributed by atoms with Crippen LogP contribution in [0.4, 0.5) is 14.9 Å². The fraction of sp³-hybridized carbons (Fsp3) is 0.533. The van der Waals surface area contributed by atoms with Crippen LogP contribution in [0.1, 0.15) is 39.7 Å². The third-order valence-electron chi connectivity index (χ3n) is 2.53. The highest BCUT2D eigenvalue weighted by atomic mass is 19.1. The summed E-state index contributed by atoms with van der Waals surface area (Å²) in [6, 6.07) is 4.47. The number of aliphatic hydroxyl groups excluding tert-OH is 1. The van der Waals surface area contributed by atoms with Gasteiger partial charge in [0, 0.05) is 5.69 Å². The van der Waals surface area contributed by atoms with Crippen molar-refractivity contribution in [1.82, 2.24) is 0 Å². The number of rotatable bonds is 4. The highest BCUT2D eigenvalue weighted by molar-refractivity contribution is 5.84. The molecule has 0 spiro atoms. The Morgan fingerprint density at radius 2 is 2.10 bits per heavy atom. The molecule has 0 radical (unpaired) electrons. The summed E-state index contributed by atoms with van der Waals surface area (Å²) in [5.74, 6) is -0.404. The van der Waals surface area contributed by atoms with E-state index in [2.05, 4.69) is 5.32 Å². The van der Waals surface area contributed by atoms with Gasteiger partial charge in [0.25, 0.3) is 0 Å². The lowest BCUT2D eigenvalue weighted by Crippen LogP contribution is -2.27. The van der Waals surface area contributed by atoms with Gasteiger partial charge in [-0.2, -0.15) is 0 Å². The summed E-state index contributed by atoms with van der Waals surface area (Å²) in [5.41, 5.74) is 0.262. The van der Waals surface area contributed by atoms with E-state index in [1.54, 1.807) is 39.8 Å². The molecule has 1 aromatic carbocycles. The van der Waals surface area contributed by atoms with Gasteiger partial charge in [-0.15, -0.1) is 0 Å². The highest BCUT2D eigenvalue weighted by Gasteiger charge is 2.16. The van der Waals surface area contributed by atoms with E-state index in [1.807, 2.05) is 0 Å². The Balaban J connectivity index is 2.65. The summed E-state index contributed by atoms with van der Waals surface area (Å²) in [7, 11) is 0. The Bertz CT molecular complexity index is 467. The van der Waals surface area contributed by atoms with Crippen molar-refractivity contribution in [3.05, 3.63) is 29.6 Å². The molecule has 0 heterocycles. The van der Waals surface area contributed by atoms with Gasteiger partial charge in [0.15, 0.2) is 0 Å². The van der Waals surface area contributed by atoms with Crippen LogP contribution in [0.15, 0.2) is 18.2 Å². The lowest BCUT2D eigenvalue weighted by atomic mass is 10.1. The van der Waals surface area contributed by atoms with E-state index in [-0.39, 0.29) is 0 Å². The average molecular weight is 283 g/mol. The van der Waals surface area contributed by atoms with Crippen LogP contribution in [0.2, 0.25) is 0 Å². The number of nitrogens with one attached hydrogen (secondary N) is 1. The summed E-state index contributed by atoms with van der Waals surface area (Å²) >= 11 is 0. The van der Waals surface area contributed by atoms with E-state index in [0.29, 0.717) is 24.1 Å². The summed E-state index contributed by atoms with van der Waals surface area (Å²) < 4.78 is 18.9. The highest BCUT2D eigenvalue weighted by Crippen LogP contribution is 2.18. The summed E-state index contributed by atoms with van der Waals surface area (Å²) in [5, 5.41) is 11.7. The van der Waals surface area contributed by atoms with Gasteiger partial charge >= 0.3 is 6.09 Å². The molecule has 5 heteroatoms.